The Balaban J connectivity index is 2.02. The Kier molecular flexibility index (Phi) is 2.95. The second-order valence-corrected chi connectivity index (χ2v) is 5.62. The number of nitrogens with one attached hydrogen (secondary N) is 1. The number of nitrogen functional groups attached to an aromatic ring is 1. The number of imidazole rings is 1. The summed E-state index contributed by atoms with van der Waals surface area (Å²) in [6.07, 6.45) is 0. The zero-order valence-corrected chi connectivity index (χ0v) is 11.7. The zero-order valence-electron chi connectivity index (χ0n) is 10.9. The third-order valence-electron chi connectivity index (χ3n) is 3.23. The average molecular weight is 269 g/mol. The van der Waals surface area contributed by atoms with Crippen LogP contribution in [0.4, 0.5) is 5.69 Å². The Hall–Kier alpha value is -1.94. The van der Waals surface area contributed by atoms with Crippen molar-refractivity contribution < 1.29 is 0 Å². The molecular weight excluding hydrogens is 254 g/mol. The molecular formula is C15H15N3S. The highest BCUT2D eigenvalue weighted by Crippen LogP contribution is 2.32. The number of para-hydroxylation sites is 1. The van der Waals surface area contributed by atoms with Crippen molar-refractivity contribution >= 4 is 28.5 Å². The van der Waals surface area contributed by atoms with Crippen molar-refractivity contribution in [1.29, 1.82) is 0 Å². The number of aromatic nitrogens is 2. The molecule has 96 valence electrons. The van der Waals surface area contributed by atoms with Crippen LogP contribution in [-0.2, 0) is 0 Å². The number of H-pyrrole nitrogens is 1. The van der Waals surface area contributed by atoms with E-state index in [-0.39, 0.29) is 0 Å². The second kappa shape index (κ2) is 4.63. The molecule has 0 spiro atoms. The third kappa shape index (κ3) is 2.19. The quantitative estimate of drug-likeness (QED) is 0.693. The Morgan fingerprint density at radius 1 is 1.11 bits per heavy atom. The molecule has 4 heteroatoms. The minimum Gasteiger partial charge on any atom is -0.398 e. The van der Waals surface area contributed by atoms with E-state index in [1.807, 2.05) is 31.2 Å². The summed E-state index contributed by atoms with van der Waals surface area (Å²) < 4.78 is 0. The van der Waals surface area contributed by atoms with Gasteiger partial charge in [0.1, 0.15) is 0 Å². The number of aryl methyl sites for hydroxylation is 1. The number of aromatic amines is 1. The first-order chi connectivity index (χ1) is 9.15. The molecule has 0 fully saturated rings. The number of fused-ring (bicyclic) bond motifs is 1. The first-order valence-corrected chi connectivity index (χ1v) is 6.95. The summed E-state index contributed by atoms with van der Waals surface area (Å²) in [4.78, 5) is 9.12. The van der Waals surface area contributed by atoms with Crippen molar-refractivity contribution in [3.05, 3.63) is 47.5 Å². The van der Waals surface area contributed by atoms with Crippen LogP contribution in [0, 0.1) is 13.8 Å². The molecule has 0 aliphatic heterocycles. The van der Waals surface area contributed by atoms with E-state index in [9.17, 15) is 0 Å². The van der Waals surface area contributed by atoms with Crippen LogP contribution in [-0.4, -0.2) is 9.97 Å². The molecule has 3 aromatic rings. The van der Waals surface area contributed by atoms with Crippen molar-refractivity contribution in [3.8, 4) is 0 Å². The van der Waals surface area contributed by atoms with E-state index in [0.717, 1.165) is 32.3 Å². The summed E-state index contributed by atoms with van der Waals surface area (Å²) in [5, 5.41) is 0.901. The minimum atomic E-state index is 0.817. The lowest BCUT2D eigenvalue weighted by molar-refractivity contribution is 1.07. The predicted molar refractivity (Wildman–Crippen MR) is 80.5 cm³/mol. The molecule has 1 aromatic heterocycles. The van der Waals surface area contributed by atoms with E-state index in [1.165, 1.54) is 5.56 Å². The van der Waals surface area contributed by atoms with Crippen molar-refractivity contribution in [1.82, 2.24) is 9.97 Å². The van der Waals surface area contributed by atoms with Crippen molar-refractivity contribution in [3.63, 3.8) is 0 Å². The molecule has 0 bridgehead atoms. The molecule has 1 heterocycles. The van der Waals surface area contributed by atoms with Gasteiger partial charge in [-0.1, -0.05) is 30.0 Å². The first kappa shape index (κ1) is 12.1. The van der Waals surface area contributed by atoms with Gasteiger partial charge in [0, 0.05) is 10.6 Å². The van der Waals surface area contributed by atoms with Crippen LogP contribution in [0.25, 0.3) is 11.0 Å². The van der Waals surface area contributed by atoms with E-state index in [1.54, 1.807) is 11.8 Å². The highest BCUT2D eigenvalue weighted by Gasteiger charge is 2.08. The summed E-state index contributed by atoms with van der Waals surface area (Å²) in [6, 6.07) is 12.1. The number of anilines is 1. The smallest absolute Gasteiger partial charge is 0.171 e. The zero-order chi connectivity index (χ0) is 13.4. The van der Waals surface area contributed by atoms with E-state index in [2.05, 4.69) is 29.0 Å². The van der Waals surface area contributed by atoms with Crippen molar-refractivity contribution in [2.24, 2.45) is 0 Å². The maximum Gasteiger partial charge on any atom is 0.171 e. The Bertz CT molecular complexity index is 746. The van der Waals surface area contributed by atoms with E-state index >= 15 is 0 Å². The summed E-state index contributed by atoms with van der Waals surface area (Å²) in [5.74, 6) is 0. The van der Waals surface area contributed by atoms with Crippen LogP contribution in [0.2, 0.25) is 0 Å². The van der Waals surface area contributed by atoms with E-state index in [0.29, 0.717) is 0 Å². The molecule has 0 saturated heterocycles. The fourth-order valence-corrected chi connectivity index (χ4v) is 2.97. The Morgan fingerprint density at radius 2 is 1.89 bits per heavy atom. The molecule has 3 N–H and O–H groups in total. The SMILES string of the molecule is Cc1c(N)cccc1Sc1nc2c(C)cccc2[nH]1. The van der Waals surface area contributed by atoms with Gasteiger partial charge in [0.05, 0.1) is 11.0 Å². The van der Waals surface area contributed by atoms with Crippen LogP contribution in [0.5, 0.6) is 0 Å². The minimum absolute atomic E-state index is 0.817. The van der Waals surface area contributed by atoms with Gasteiger partial charge in [0.25, 0.3) is 0 Å². The molecule has 0 saturated carbocycles. The van der Waals surface area contributed by atoms with Crippen LogP contribution in [0.3, 0.4) is 0 Å². The molecule has 19 heavy (non-hydrogen) atoms. The number of hydrogen-bond donors (Lipinski definition) is 2. The van der Waals surface area contributed by atoms with Gasteiger partial charge in [0.2, 0.25) is 0 Å². The van der Waals surface area contributed by atoms with Crippen molar-refractivity contribution in [2.45, 2.75) is 23.9 Å². The number of hydrogen-bond acceptors (Lipinski definition) is 3. The molecule has 0 atom stereocenters. The van der Waals surface area contributed by atoms with Gasteiger partial charge < -0.3 is 10.7 Å². The molecule has 0 amide bonds. The van der Waals surface area contributed by atoms with Gasteiger partial charge in [-0.25, -0.2) is 4.98 Å². The Morgan fingerprint density at radius 3 is 2.68 bits per heavy atom. The molecule has 0 radical (unpaired) electrons. The standard InChI is InChI=1S/C15H15N3S/c1-9-5-3-7-12-14(9)18-15(17-12)19-13-8-4-6-11(16)10(13)2/h3-8H,16H2,1-2H3,(H,17,18). The maximum atomic E-state index is 5.93. The van der Waals surface area contributed by atoms with Crippen LogP contribution in [0.1, 0.15) is 11.1 Å². The van der Waals surface area contributed by atoms with Crippen LogP contribution < -0.4 is 5.73 Å². The molecule has 3 rings (SSSR count). The highest BCUT2D eigenvalue weighted by atomic mass is 32.2. The normalized spacial score (nSPS) is 11.1. The Labute approximate surface area is 116 Å². The molecule has 0 aliphatic carbocycles. The lowest BCUT2D eigenvalue weighted by atomic mass is 10.2. The van der Waals surface area contributed by atoms with Gasteiger partial charge in [-0.2, -0.15) is 0 Å². The van der Waals surface area contributed by atoms with Gasteiger partial charge in [-0.05, 0) is 43.2 Å². The summed E-state index contributed by atoms with van der Waals surface area (Å²) >= 11 is 1.62. The van der Waals surface area contributed by atoms with E-state index < -0.39 is 0 Å². The topological polar surface area (TPSA) is 54.7 Å². The summed E-state index contributed by atoms with van der Waals surface area (Å²) in [7, 11) is 0. The monoisotopic (exact) mass is 269 g/mol. The van der Waals surface area contributed by atoms with Gasteiger partial charge in [0.15, 0.2) is 5.16 Å². The van der Waals surface area contributed by atoms with E-state index in [4.69, 9.17) is 5.73 Å². The number of benzene rings is 2. The van der Waals surface area contributed by atoms with Crippen LogP contribution in [0.15, 0.2) is 46.5 Å². The summed E-state index contributed by atoms with van der Waals surface area (Å²) in [5.41, 5.74) is 11.1. The first-order valence-electron chi connectivity index (χ1n) is 6.13. The predicted octanol–water partition coefficient (Wildman–Crippen LogP) is 3.91. The van der Waals surface area contributed by atoms with Gasteiger partial charge >= 0.3 is 0 Å². The van der Waals surface area contributed by atoms with Crippen LogP contribution >= 0.6 is 11.8 Å². The number of rotatable bonds is 2. The third-order valence-corrected chi connectivity index (χ3v) is 4.27. The van der Waals surface area contributed by atoms with Crippen molar-refractivity contribution in [2.75, 3.05) is 5.73 Å². The van der Waals surface area contributed by atoms with Gasteiger partial charge in [-0.15, -0.1) is 0 Å². The number of nitrogens with two attached hydrogens (primary N) is 1. The largest absolute Gasteiger partial charge is 0.398 e. The molecule has 0 aliphatic rings. The average Bonchev–Trinajstić information content (AvgIpc) is 2.79. The second-order valence-electron chi connectivity index (χ2n) is 4.59. The molecule has 2 aromatic carbocycles. The fraction of sp³-hybridized carbons (Fsp3) is 0.133. The number of nitrogens with zero attached hydrogens (tertiary/aromatic N) is 1. The lowest BCUT2D eigenvalue weighted by Crippen LogP contribution is -1.90. The van der Waals surface area contributed by atoms with Gasteiger partial charge in [-0.3, -0.25) is 0 Å². The molecule has 3 nitrogen and oxygen atoms in total. The maximum absolute atomic E-state index is 5.93. The highest BCUT2D eigenvalue weighted by molar-refractivity contribution is 7.99. The fourth-order valence-electron chi connectivity index (χ4n) is 2.05. The summed E-state index contributed by atoms with van der Waals surface area (Å²) in [6.45, 7) is 4.11. The molecule has 0 unspecified atom stereocenters. The lowest BCUT2D eigenvalue weighted by Gasteiger charge is -2.05.